The summed E-state index contributed by atoms with van der Waals surface area (Å²) >= 11 is 0. The number of rotatable bonds is 8. The fourth-order valence-electron chi connectivity index (χ4n) is 2.75. The van der Waals surface area contributed by atoms with Gasteiger partial charge < -0.3 is 10.2 Å². The molecule has 9 heteroatoms. The van der Waals surface area contributed by atoms with E-state index < -0.39 is 10.0 Å². The summed E-state index contributed by atoms with van der Waals surface area (Å²) in [6.45, 7) is 6.12. The molecule has 1 heterocycles. The number of hydrogen-bond acceptors (Lipinski definition) is 5. The Morgan fingerprint density at radius 2 is 1.81 bits per heavy atom. The average molecular weight is 394 g/mol. The van der Waals surface area contributed by atoms with Gasteiger partial charge in [0, 0.05) is 39.8 Å². The Morgan fingerprint density at radius 3 is 2.41 bits per heavy atom. The minimum Gasteiger partial charge on any atom is -0.352 e. The standard InChI is InChI=1S/C18H26N4O4S/c1-3-9-19-17(23)14-21-10-12-22(13-11-21)18(24)15-20(2)27(25,26)16-7-5-4-6-8-16/h3-8H,1,9-15H2,2H3,(H,19,23). The zero-order chi connectivity index (χ0) is 19.9. The lowest BCUT2D eigenvalue weighted by Gasteiger charge is -2.35. The van der Waals surface area contributed by atoms with E-state index in [0.29, 0.717) is 32.7 Å². The van der Waals surface area contributed by atoms with E-state index in [9.17, 15) is 18.0 Å². The Morgan fingerprint density at radius 1 is 1.19 bits per heavy atom. The van der Waals surface area contributed by atoms with Crippen LogP contribution in [-0.4, -0.2) is 87.2 Å². The summed E-state index contributed by atoms with van der Waals surface area (Å²) in [7, 11) is -2.29. The number of likely N-dealkylation sites (N-methyl/N-ethyl adjacent to an activating group) is 1. The molecule has 0 radical (unpaired) electrons. The highest BCUT2D eigenvalue weighted by Crippen LogP contribution is 2.14. The molecule has 0 bridgehead atoms. The van der Waals surface area contributed by atoms with Crippen molar-refractivity contribution in [3.05, 3.63) is 43.0 Å². The normalized spacial score (nSPS) is 15.6. The summed E-state index contributed by atoms with van der Waals surface area (Å²) in [4.78, 5) is 28.0. The van der Waals surface area contributed by atoms with Crippen LogP contribution < -0.4 is 5.32 Å². The first-order chi connectivity index (χ1) is 12.8. The van der Waals surface area contributed by atoms with Crippen LogP contribution in [0.3, 0.4) is 0 Å². The van der Waals surface area contributed by atoms with Crippen molar-refractivity contribution in [2.75, 3.05) is 52.9 Å². The number of amides is 2. The highest BCUT2D eigenvalue weighted by molar-refractivity contribution is 7.89. The zero-order valence-corrected chi connectivity index (χ0v) is 16.3. The molecule has 0 aromatic heterocycles. The van der Waals surface area contributed by atoms with Gasteiger partial charge in [0.2, 0.25) is 21.8 Å². The number of carbonyl (C=O) groups excluding carboxylic acids is 2. The molecule has 1 aromatic rings. The van der Waals surface area contributed by atoms with E-state index in [0.717, 1.165) is 4.31 Å². The van der Waals surface area contributed by atoms with Gasteiger partial charge in [0.25, 0.3) is 0 Å². The SMILES string of the molecule is C=CCNC(=O)CN1CCN(C(=O)CN(C)S(=O)(=O)c2ccccc2)CC1. The van der Waals surface area contributed by atoms with Gasteiger partial charge in [-0.2, -0.15) is 4.31 Å². The van der Waals surface area contributed by atoms with Crippen molar-refractivity contribution in [3.8, 4) is 0 Å². The predicted molar refractivity (Wildman–Crippen MR) is 102 cm³/mol. The topological polar surface area (TPSA) is 90.0 Å². The first kappa shape index (κ1) is 21.1. The van der Waals surface area contributed by atoms with E-state index in [2.05, 4.69) is 11.9 Å². The van der Waals surface area contributed by atoms with Gasteiger partial charge in [-0.15, -0.1) is 6.58 Å². The van der Waals surface area contributed by atoms with Gasteiger partial charge in [-0.1, -0.05) is 24.3 Å². The molecule has 1 N–H and O–H groups in total. The number of nitrogens with one attached hydrogen (secondary N) is 1. The molecule has 1 fully saturated rings. The van der Waals surface area contributed by atoms with Crippen LogP contribution in [0.1, 0.15) is 0 Å². The highest BCUT2D eigenvalue weighted by Gasteiger charge is 2.27. The molecule has 0 unspecified atom stereocenters. The molecule has 1 aromatic carbocycles. The van der Waals surface area contributed by atoms with Gasteiger partial charge >= 0.3 is 0 Å². The molecular weight excluding hydrogens is 368 g/mol. The van der Waals surface area contributed by atoms with E-state index in [4.69, 9.17) is 0 Å². The number of nitrogens with zero attached hydrogens (tertiary/aromatic N) is 3. The quantitative estimate of drug-likeness (QED) is 0.615. The van der Waals surface area contributed by atoms with Crippen molar-refractivity contribution in [2.45, 2.75) is 4.90 Å². The summed E-state index contributed by atoms with van der Waals surface area (Å²) < 4.78 is 26.1. The molecule has 8 nitrogen and oxygen atoms in total. The van der Waals surface area contributed by atoms with Crippen LogP contribution in [0.2, 0.25) is 0 Å². The van der Waals surface area contributed by atoms with Gasteiger partial charge in [-0.25, -0.2) is 8.42 Å². The maximum Gasteiger partial charge on any atom is 0.243 e. The third-order valence-electron chi connectivity index (χ3n) is 4.35. The highest BCUT2D eigenvalue weighted by atomic mass is 32.2. The molecule has 2 rings (SSSR count). The number of hydrogen-bond donors (Lipinski definition) is 1. The third kappa shape index (κ3) is 5.88. The number of benzene rings is 1. The van der Waals surface area contributed by atoms with Crippen LogP contribution in [0.4, 0.5) is 0 Å². The Kier molecular flexibility index (Phi) is 7.52. The molecular formula is C18H26N4O4S. The smallest absolute Gasteiger partial charge is 0.243 e. The van der Waals surface area contributed by atoms with Crippen molar-refractivity contribution >= 4 is 21.8 Å². The predicted octanol–water partition coefficient (Wildman–Crippen LogP) is -0.246. The second-order valence-corrected chi connectivity index (χ2v) is 8.37. The largest absolute Gasteiger partial charge is 0.352 e. The Bertz CT molecular complexity index is 759. The van der Waals surface area contributed by atoms with E-state index >= 15 is 0 Å². The molecule has 1 saturated heterocycles. The van der Waals surface area contributed by atoms with Gasteiger partial charge in [0.15, 0.2) is 0 Å². The Labute approximate surface area is 160 Å². The van der Waals surface area contributed by atoms with Crippen molar-refractivity contribution in [2.24, 2.45) is 0 Å². The Hall–Kier alpha value is -2.23. The van der Waals surface area contributed by atoms with E-state index in [1.165, 1.54) is 19.2 Å². The summed E-state index contributed by atoms with van der Waals surface area (Å²) in [5.74, 6) is -0.323. The first-order valence-electron chi connectivity index (χ1n) is 8.73. The van der Waals surface area contributed by atoms with E-state index in [1.807, 2.05) is 4.90 Å². The van der Waals surface area contributed by atoms with Crippen LogP contribution in [0.15, 0.2) is 47.9 Å². The van der Waals surface area contributed by atoms with Crippen LogP contribution >= 0.6 is 0 Å². The van der Waals surface area contributed by atoms with Crippen LogP contribution in [0, 0.1) is 0 Å². The maximum atomic E-state index is 12.5. The summed E-state index contributed by atoms with van der Waals surface area (Å²) in [5.41, 5.74) is 0. The fraction of sp³-hybridized carbons (Fsp3) is 0.444. The van der Waals surface area contributed by atoms with Crippen molar-refractivity contribution in [1.82, 2.24) is 19.4 Å². The molecule has 0 spiro atoms. The molecule has 2 amide bonds. The van der Waals surface area contributed by atoms with Crippen molar-refractivity contribution in [3.63, 3.8) is 0 Å². The van der Waals surface area contributed by atoms with Gasteiger partial charge in [0.05, 0.1) is 18.0 Å². The third-order valence-corrected chi connectivity index (χ3v) is 6.16. The second kappa shape index (κ2) is 9.63. The zero-order valence-electron chi connectivity index (χ0n) is 15.5. The van der Waals surface area contributed by atoms with Gasteiger partial charge in [-0.3, -0.25) is 14.5 Å². The van der Waals surface area contributed by atoms with E-state index in [1.54, 1.807) is 29.2 Å². The lowest BCUT2D eigenvalue weighted by molar-refractivity contribution is -0.133. The molecule has 1 aliphatic rings. The minimum absolute atomic E-state index is 0.0802. The molecule has 148 valence electrons. The monoisotopic (exact) mass is 394 g/mol. The molecule has 27 heavy (non-hydrogen) atoms. The minimum atomic E-state index is -3.69. The lowest BCUT2D eigenvalue weighted by atomic mass is 10.3. The van der Waals surface area contributed by atoms with Crippen LogP contribution in [0.5, 0.6) is 0 Å². The number of piperazine rings is 1. The van der Waals surface area contributed by atoms with Crippen molar-refractivity contribution in [1.29, 1.82) is 0 Å². The first-order valence-corrected chi connectivity index (χ1v) is 10.2. The van der Waals surface area contributed by atoms with E-state index in [-0.39, 0.29) is 29.8 Å². The van der Waals surface area contributed by atoms with Crippen molar-refractivity contribution < 1.29 is 18.0 Å². The second-order valence-electron chi connectivity index (χ2n) is 6.32. The fourth-order valence-corrected chi connectivity index (χ4v) is 3.89. The van der Waals surface area contributed by atoms with Crippen LogP contribution in [0.25, 0.3) is 0 Å². The van der Waals surface area contributed by atoms with Crippen LogP contribution in [-0.2, 0) is 19.6 Å². The molecule has 0 aliphatic carbocycles. The number of carbonyl (C=O) groups is 2. The maximum absolute atomic E-state index is 12.5. The lowest BCUT2D eigenvalue weighted by Crippen LogP contribution is -2.53. The molecule has 0 atom stereocenters. The van der Waals surface area contributed by atoms with Gasteiger partial charge in [0.1, 0.15) is 0 Å². The molecule has 1 aliphatic heterocycles. The summed E-state index contributed by atoms with van der Waals surface area (Å²) in [6.07, 6.45) is 1.62. The summed E-state index contributed by atoms with van der Waals surface area (Å²) in [5, 5.41) is 2.72. The number of sulfonamides is 1. The molecule has 0 saturated carbocycles. The average Bonchev–Trinajstić information content (AvgIpc) is 2.67. The summed E-state index contributed by atoms with van der Waals surface area (Å²) in [6, 6.07) is 8.04. The van der Waals surface area contributed by atoms with Gasteiger partial charge in [-0.05, 0) is 12.1 Å². The Balaban J connectivity index is 1.84.